The van der Waals surface area contributed by atoms with Gasteiger partial charge in [0.25, 0.3) is 0 Å². The zero-order valence-electron chi connectivity index (χ0n) is 12.8. The number of phenolic OH excluding ortho intramolecular Hbond substituents is 1. The van der Waals surface area contributed by atoms with Gasteiger partial charge in [0.05, 0.1) is 6.04 Å². The first-order chi connectivity index (χ1) is 9.97. The van der Waals surface area contributed by atoms with E-state index < -0.39 is 6.04 Å². The van der Waals surface area contributed by atoms with Crippen molar-refractivity contribution in [2.24, 2.45) is 5.73 Å². The Morgan fingerprint density at radius 1 is 1.48 bits per heavy atom. The molecule has 0 bridgehead atoms. The van der Waals surface area contributed by atoms with Crippen molar-refractivity contribution in [2.45, 2.75) is 31.3 Å². The zero-order chi connectivity index (χ0) is 15.4. The second kappa shape index (κ2) is 6.91. The van der Waals surface area contributed by atoms with E-state index in [1.54, 1.807) is 29.2 Å². The molecule has 1 amide bonds. The van der Waals surface area contributed by atoms with Crippen LogP contribution < -0.4 is 5.73 Å². The second-order valence-corrected chi connectivity index (χ2v) is 5.98. The molecule has 2 atom stereocenters. The molecule has 0 radical (unpaired) electrons. The number of rotatable bonds is 4. The highest BCUT2D eigenvalue weighted by Crippen LogP contribution is 2.16. The Morgan fingerprint density at radius 3 is 2.76 bits per heavy atom. The summed E-state index contributed by atoms with van der Waals surface area (Å²) in [5.74, 6) is 0.212. The summed E-state index contributed by atoms with van der Waals surface area (Å²) in [5.41, 5.74) is 7.02. The van der Waals surface area contributed by atoms with Crippen molar-refractivity contribution in [1.29, 1.82) is 0 Å². The Labute approximate surface area is 126 Å². The Hall–Kier alpha value is -1.59. The maximum absolute atomic E-state index is 12.5. The fourth-order valence-electron chi connectivity index (χ4n) is 2.87. The topological polar surface area (TPSA) is 69.8 Å². The summed E-state index contributed by atoms with van der Waals surface area (Å²) in [6.07, 6.45) is 2.65. The fourth-order valence-corrected chi connectivity index (χ4v) is 2.87. The molecule has 2 rings (SSSR count). The Balaban J connectivity index is 1.93. The largest absolute Gasteiger partial charge is 0.508 e. The minimum absolute atomic E-state index is 0.0108. The molecule has 3 N–H and O–H groups in total. The first kappa shape index (κ1) is 15.8. The molecule has 1 fully saturated rings. The van der Waals surface area contributed by atoms with Crippen molar-refractivity contribution in [3.05, 3.63) is 29.8 Å². The molecule has 0 aliphatic carbocycles. The number of likely N-dealkylation sites (tertiary alicyclic amines) is 1. The van der Waals surface area contributed by atoms with Crippen LogP contribution >= 0.6 is 0 Å². The number of carbonyl (C=O) groups excluding carboxylic acids is 1. The van der Waals surface area contributed by atoms with Crippen LogP contribution in [-0.2, 0) is 11.2 Å². The molecule has 0 spiro atoms. The lowest BCUT2D eigenvalue weighted by Gasteiger charge is -2.36. The van der Waals surface area contributed by atoms with Gasteiger partial charge in [-0.05, 0) is 50.6 Å². The standard InChI is InChI=1S/C16H25N3O2/c1-18-9-3-4-13(11-18)19(2)16(21)15(17)10-12-5-7-14(20)8-6-12/h5-8,13,15,20H,3-4,9-11,17H2,1-2H3/t13?,15-/m0/s1. The van der Waals surface area contributed by atoms with E-state index in [1.165, 1.54) is 0 Å². The number of carbonyl (C=O) groups is 1. The lowest BCUT2D eigenvalue weighted by molar-refractivity contribution is -0.134. The maximum atomic E-state index is 12.5. The normalized spacial score (nSPS) is 21.0. The van der Waals surface area contributed by atoms with Gasteiger partial charge in [-0.3, -0.25) is 4.79 Å². The van der Waals surface area contributed by atoms with Gasteiger partial charge in [-0.15, -0.1) is 0 Å². The van der Waals surface area contributed by atoms with Crippen LogP contribution in [0.5, 0.6) is 5.75 Å². The quantitative estimate of drug-likeness (QED) is 0.861. The number of phenols is 1. The third kappa shape index (κ3) is 4.19. The van der Waals surface area contributed by atoms with Crippen molar-refractivity contribution in [2.75, 3.05) is 27.2 Å². The highest BCUT2D eigenvalue weighted by molar-refractivity contribution is 5.82. The average molecular weight is 291 g/mol. The summed E-state index contributed by atoms with van der Waals surface area (Å²) >= 11 is 0. The number of benzene rings is 1. The minimum Gasteiger partial charge on any atom is -0.508 e. The number of likely N-dealkylation sites (N-methyl/N-ethyl adjacent to an activating group) is 2. The summed E-state index contributed by atoms with van der Waals surface area (Å²) in [4.78, 5) is 16.5. The third-order valence-corrected chi connectivity index (χ3v) is 4.20. The van der Waals surface area contributed by atoms with Crippen LogP contribution in [0.25, 0.3) is 0 Å². The summed E-state index contributed by atoms with van der Waals surface area (Å²) in [5, 5.41) is 9.27. The van der Waals surface area contributed by atoms with E-state index in [0.29, 0.717) is 6.42 Å². The molecule has 1 saturated heterocycles. The molecule has 1 unspecified atom stereocenters. The summed E-state index contributed by atoms with van der Waals surface area (Å²) in [7, 11) is 3.93. The Bertz CT molecular complexity index is 475. The highest BCUT2D eigenvalue weighted by atomic mass is 16.3. The molecule has 5 nitrogen and oxygen atoms in total. The maximum Gasteiger partial charge on any atom is 0.239 e. The van der Waals surface area contributed by atoms with Gasteiger partial charge in [-0.1, -0.05) is 12.1 Å². The minimum atomic E-state index is -0.535. The number of amides is 1. The lowest BCUT2D eigenvalue weighted by atomic mass is 10.0. The van der Waals surface area contributed by atoms with Gasteiger partial charge in [0.1, 0.15) is 5.75 Å². The summed E-state index contributed by atoms with van der Waals surface area (Å²) < 4.78 is 0. The molecule has 0 aromatic heterocycles. The zero-order valence-corrected chi connectivity index (χ0v) is 12.8. The van der Waals surface area contributed by atoms with Crippen molar-refractivity contribution in [3.63, 3.8) is 0 Å². The van der Waals surface area contributed by atoms with E-state index in [-0.39, 0.29) is 17.7 Å². The number of piperidine rings is 1. The molecule has 1 aliphatic rings. The van der Waals surface area contributed by atoms with Crippen molar-refractivity contribution in [1.82, 2.24) is 9.80 Å². The second-order valence-electron chi connectivity index (χ2n) is 5.98. The van der Waals surface area contributed by atoms with Gasteiger partial charge in [0, 0.05) is 19.6 Å². The van der Waals surface area contributed by atoms with Crippen molar-refractivity contribution in [3.8, 4) is 5.75 Å². The van der Waals surface area contributed by atoms with Gasteiger partial charge in [0.15, 0.2) is 0 Å². The number of nitrogens with zero attached hydrogens (tertiary/aromatic N) is 2. The molecule has 1 aliphatic heterocycles. The molecule has 1 aromatic rings. The number of nitrogens with two attached hydrogens (primary N) is 1. The molecular weight excluding hydrogens is 266 g/mol. The molecule has 1 aromatic carbocycles. The highest BCUT2D eigenvalue weighted by Gasteiger charge is 2.27. The van der Waals surface area contributed by atoms with E-state index in [2.05, 4.69) is 11.9 Å². The number of hydrogen-bond donors (Lipinski definition) is 2. The third-order valence-electron chi connectivity index (χ3n) is 4.20. The van der Waals surface area contributed by atoms with Crippen LogP contribution in [0, 0.1) is 0 Å². The molecule has 21 heavy (non-hydrogen) atoms. The van der Waals surface area contributed by atoms with Gasteiger partial charge in [-0.25, -0.2) is 0 Å². The summed E-state index contributed by atoms with van der Waals surface area (Å²) in [6.45, 7) is 2.01. The predicted molar refractivity (Wildman–Crippen MR) is 83.1 cm³/mol. The molecule has 1 heterocycles. The van der Waals surface area contributed by atoms with Gasteiger partial charge < -0.3 is 20.6 Å². The lowest BCUT2D eigenvalue weighted by Crippen LogP contribution is -2.52. The van der Waals surface area contributed by atoms with Crippen molar-refractivity contribution < 1.29 is 9.90 Å². The van der Waals surface area contributed by atoms with Gasteiger partial charge in [0.2, 0.25) is 5.91 Å². The van der Waals surface area contributed by atoms with E-state index in [0.717, 1.165) is 31.5 Å². The van der Waals surface area contributed by atoms with Gasteiger partial charge >= 0.3 is 0 Å². The van der Waals surface area contributed by atoms with Crippen LogP contribution in [0.15, 0.2) is 24.3 Å². The Kier molecular flexibility index (Phi) is 5.20. The monoisotopic (exact) mass is 291 g/mol. The van der Waals surface area contributed by atoms with E-state index in [4.69, 9.17) is 5.73 Å². The van der Waals surface area contributed by atoms with Crippen LogP contribution in [0.3, 0.4) is 0 Å². The molecule has 0 saturated carbocycles. The number of aromatic hydroxyl groups is 1. The summed E-state index contributed by atoms with van der Waals surface area (Å²) in [6, 6.07) is 6.56. The molecule has 116 valence electrons. The first-order valence-electron chi connectivity index (χ1n) is 7.46. The fraction of sp³-hybridized carbons (Fsp3) is 0.562. The average Bonchev–Trinajstić information content (AvgIpc) is 2.48. The van der Waals surface area contributed by atoms with E-state index in [9.17, 15) is 9.90 Å². The van der Waals surface area contributed by atoms with Crippen LogP contribution in [-0.4, -0.2) is 60.1 Å². The predicted octanol–water partition coefficient (Wildman–Crippen LogP) is 0.815. The van der Waals surface area contributed by atoms with E-state index in [1.807, 2.05) is 7.05 Å². The van der Waals surface area contributed by atoms with E-state index >= 15 is 0 Å². The van der Waals surface area contributed by atoms with Gasteiger partial charge in [-0.2, -0.15) is 0 Å². The molecular formula is C16H25N3O2. The van der Waals surface area contributed by atoms with Crippen molar-refractivity contribution >= 4 is 5.91 Å². The Morgan fingerprint density at radius 2 is 2.14 bits per heavy atom. The molecule has 5 heteroatoms. The smallest absolute Gasteiger partial charge is 0.239 e. The van der Waals surface area contributed by atoms with Crippen LogP contribution in [0.2, 0.25) is 0 Å². The SMILES string of the molecule is CN1CCCC(N(C)C(=O)[C@@H](N)Cc2ccc(O)cc2)C1. The first-order valence-corrected chi connectivity index (χ1v) is 7.46. The van der Waals surface area contributed by atoms with Crippen LogP contribution in [0.1, 0.15) is 18.4 Å². The van der Waals surface area contributed by atoms with Crippen LogP contribution in [0.4, 0.5) is 0 Å². The number of hydrogen-bond acceptors (Lipinski definition) is 4.